The van der Waals surface area contributed by atoms with Gasteiger partial charge >= 0.3 is 0 Å². The molecule has 0 bridgehead atoms. The molecule has 1 amide bonds. The number of morpholine rings is 1. The number of aryl methyl sites for hydroxylation is 1. The number of pyridine rings is 1. The molecule has 2 aromatic heterocycles. The normalized spacial score (nSPS) is 18.1. The molecule has 1 fully saturated rings. The van der Waals surface area contributed by atoms with Gasteiger partial charge in [-0.1, -0.05) is 6.07 Å². The highest BCUT2D eigenvalue weighted by molar-refractivity contribution is 6.10. The van der Waals surface area contributed by atoms with Gasteiger partial charge in [-0.3, -0.25) is 14.0 Å². The van der Waals surface area contributed by atoms with E-state index in [2.05, 4.69) is 5.32 Å². The highest BCUT2D eigenvalue weighted by atomic mass is 16.5. The van der Waals surface area contributed by atoms with Crippen molar-refractivity contribution in [3.05, 3.63) is 69.6 Å². The Morgan fingerprint density at radius 1 is 1.25 bits per heavy atom. The highest BCUT2D eigenvalue weighted by Crippen LogP contribution is 2.24. The van der Waals surface area contributed by atoms with E-state index in [1.165, 1.54) is 10.5 Å². The standard InChI is InChI=1S/C27H29N5O4/c1-5-35-22-10-8-21(9-11-22)29-26(33)20(14-28)13-23-25(31-15-18(3)36-19(4)16-31)30-24-17(2)7-6-12-32(24)27(23)34/h6-13,18-19H,5,15-16H2,1-4H3,(H,29,33). The molecule has 9 heteroatoms. The van der Waals surface area contributed by atoms with Crippen LogP contribution in [-0.2, 0) is 9.53 Å². The molecular weight excluding hydrogens is 458 g/mol. The molecule has 36 heavy (non-hydrogen) atoms. The first kappa shape index (κ1) is 24.9. The summed E-state index contributed by atoms with van der Waals surface area (Å²) < 4.78 is 12.7. The third kappa shape index (κ3) is 5.24. The molecule has 0 radical (unpaired) electrons. The average Bonchev–Trinajstić information content (AvgIpc) is 2.84. The Bertz CT molecular complexity index is 1390. The summed E-state index contributed by atoms with van der Waals surface area (Å²) in [5, 5.41) is 12.5. The lowest BCUT2D eigenvalue weighted by Crippen LogP contribution is -2.46. The molecular formula is C27H29N5O4. The van der Waals surface area contributed by atoms with Crippen LogP contribution in [0.1, 0.15) is 31.9 Å². The van der Waals surface area contributed by atoms with Crippen molar-refractivity contribution in [1.29, 1.82) is 5.26 Å². The van der Waals surface area contributed by atoms with Crippen LogP contribution in [0.4, 0.5) is 11.5 Å². The molecule has 2 unspecified atom stereocenters. The van der Waals surface area contributed by atoms with Gasteiger partial charge in [-0.05, 0) is 69.7 Å². The van der Waals surface area contributed by atoms with Crippen molar-refractivity contribution in [2.24, 2.45) is 0 Å². The third-order valence-corrected chi connectivity index (χ3v) is 5.86. The molecule has 4 rings (SSSR count). The topological polar surface area (TPSA) is 109 Å². The first-order chi connectivity index (χ1) is 17.3. The highest BCUT2D eigenvalue weighted by Gasteiger charge is 2.27. The predicted molar refractivity (Wildman–Crippen MR) is 138 cm³/mol. The van der Waals surface area contributed by atoms with Gasteiger partial charge in [-0.2, -0.15) is 5.26 Å². The van der Waals surface area contributed by atoms with E-state index < -0.39 is 5.91 Å². The summed E-state index contributed by atoms with van der Waals surface area (Å²) >= 11 is 0. The Balaban J connectivity index is 1.77. The number of nitrogens with zero attached hydrogens (tertiary/aromatic N) is 4. The van der Waals surface area contributed by atoms with Crippen molar-refractivity contribution in [2.75, 3.05) is 29.9 Å². The first-order valence-electron chi connectivity index (χ1n) is 11.9. The van der Waals surface area contributed by atoms with E-state index in [0.29, 0.717) is 42.6 Å². The number of aromatic nitrogens is 2. The molecule has 3 aromatic rings. The molecule has 0 aliphatic carbocycles. The molecule has 1 aromatic carbocycles. The minimum absolute atomic E-state index is 0.0684. The van der Waals surface area contributed by atoms with Crippen molar-refractivity contribution in [2.45, 2.75) is 39.9 Å². The summed E-state index contributed by atoms with van der Waals surface area (Å²) in [4.78, 5) is 33.4. The number of ether oxygens (including phenoxy) is 2. The number of nitriles is 1. The number of hydrogen-bond acceptors (Lipinski definition) is 7. The van der Waals surface area contributed by atoms with Crippen molar-refractivity contribution in [1.82, 2.24) is 9.38 Å². The number of nitrogens with one attached hydrogen (secondary N) is 1. The number of carbonyl (C=O) groups excluding carboxylic acids is 1. The summed E-state index contributed by atoms with van der Waals surface area (Å²) in [6.07, 6.45) is 2.82. The molecule has 0 spiro atoms. The van der Waals surface area contributed by atoms with Crippen LogP contribution < -0.4 is 20.5 Å². The van der Waals surface area contributed by atoms with E-state index in [-0.39, 0.29) is 28.9 Å². The number of fused-ring (bicyclic) bond motifs is 1. The smallest absolute Gasteiger partial charge is 0.267 e. The van der Waals surface area contributed by atoms with E-state index >= 15 is 0 Å². The van der Waals surface area contributed by atoms with E-state index in [1.807, 2.05) is 44.7 Å². The maximum Gasteiger partial charge on any atom is 0.267 e. The van der Waals surface area contributed by atoms with E-state index in [1.54, 1.807) is 36.5 Å². The van der Waals surface area contributed by atoms with Gasteiger partial charge in [0.25, 0.3) is 11.5 Å². The van der Waals surface area contributed by atoms with Crippen LogP contribution in [0.2, 0.25) is 0 Å². The minimum Gasteiger partial charge on any atom is -0.494 e. The lowest BCUT2D eigenvalue weighted by Gasteiger charge is -2.36. The Hall–Kier alpha value is -4.16. The average molecular weight is 488 g/mol. The van der Waals surface area contributed by atoms with Crippen LogP contribution in [0.5, 0.6) is 5.75 Å². The van der Waals surface area contributed by atoms with Gasteiger partial charge in [0.15, 0.2) is 0 Å². The van der Waals surface area contributed by atoms with Gasteiger partial charge in [-0.25, -0.2) is 4.98 Å². The largest absolute Gasteiger partial charge is 0.494 e. The summed E-state index contributed by atoms with van der Waals surface area (Å²) in [6.45, 7) is 9.28. The summed E-state index contributed by atoms with van der Waals surface area (Å²) in [5.74, 6) is 0.485. The monoisotopic (exact) mass is 487 g/mol. The Kier molecular flexibility index (Phi) is 7.36. The Morgan fingerprint density at radius 3 is 2.58 bits per heavy atom. The summed E-state index contributed by atoms with van der Waals surface area (Å²) in [5.41, 5.74) is 1.49. The van der Waals surface area contributed by atoms with E-state index in [0.717, 1.165) is 5.56 Å². The van der Waals surface area contributed by atoms with Crippen molar-refractivity contribution >= 4 is 29.1 Å². The van der Waals surface area contributed by atoms with Crippen LogP contribution in [-0.4, -0.2) is 47.2 Å². The number of amides is 1. The molecule has 1 N–H and O–H groups in total. The second kappa shape index (κ2) is 10.6. The second-order valence-corrected chi connectivity index (χ2v) is 8.78. The number of hydrogen-bond donors (Lipinski definition) is 1. The van der Waals surface area contributed by atoms with E-state index in [9.17, 15) is 14.9 Å². The summed E-state index contributed by atoms with van der Waals surface area (Å²) in [7, 11) is 0. The van der Waals surface area contributed by atoms with Crippen LogP contribution in [0.15, 0.2) is 53.0 Å². The number of rotatable bonds is 6. The van der Waals surface area contributed by atoms with Crippen molar-refractivity contribution in [3.8, 4) is 11.8 Å². The number of anilines is 2. The SMILES string of the molecule is CCOc1ccc(NC(=O)C(C#N)=Cc2c(N3CC(C)OC(C)C3)nc3c(C)cccn3c2=O)cc1. The van der Waals surface area contributed by atoms with Crippen LogP contribution in [0.3, 0.4) is 0 Å². The van der Waals surface area contributed by atoms with Crippen LogP contribution >= 0.6 is 0 Å². The zero-order chi connectivity index (χ0) is 25.8. The quantitative estimate of drug-likeness (QED) is 0.418. The van der Waals surface area contributed by atoms with E-state index in [4.69, 9.17) is 14.5 Å². The lowest BCUT2D eigenvalue weighted by molar-refractivity contribution is -0.112. The summed E-state index contributed by atoms with van der Waals surface area (Å²) in [6, 6.07) is 12.4. The second-order valence-electron chi connectivity index (χ2n) is 8.78. The Morgan fingerprint density at radius 2 is 1.94 bits per heavy atom. The zero-order valence-electron chi connectivity index (χ0n) is 20.8. The lowest BCUT2D eigenvalue weighted by atomic mass is 10.1. The molecule has 1 saturated heterocycles. The fraction of sp³-hybridized carbons (Fsp3) is 0.333. The van der Waals surface area contributed by atoms with Crippen molar-refractivity contribution < 1.29 is 14.3 Å². The van der Waals surface area contributed by atoms with Gasteiger partial charge in [0, 0.05) is 25.0 Å². The molecule has 3 heterocycles. The fourth-order valence-electron chi connectivity index (χ4n) is 4.31. The minimum atomic E-state index is -0.620. The van der Waals surface area contributed by atoms with Crippen LogP contribution in [0, 0.1) is 18.3 Å². The third-order valence-electron chi connectivity index (χ3n) is 5.86. The van der Waals surface area contributed by atoms with Gasteiger partial charge in [0.1, 0.15) is 28.9 Å². The molecule has 0 saturated carbocycles. The van der Waals surface area contributed by atoms with Gasteiger partial charge < -0.3 is 19.7 Å². The molecule has 9 nitrogen and oxygen atoms in total. The molecule has 186 valence electrons. The van der Waals surface area contributed by atoms with Crippen LogP contribution in [0.25, 0.3) is 11.7 Å². The first-order valence-corrected chi connectivity index (χ1v) is 11.9. The van der Waals surface area contributed by atoms with Crippen molar-refractivity contribution in [3.63, 3.8) is 0 Å². The Labute approximate surface area is 209 Å². The predicted octanol–water partition coefficient (Wildman–Crippen LogP) is 3.56. The number of carbonyl (C=O) groups is 1. The molecule has 1 aliphatic rings. The maximum atomic E-state index is 13.6. The van der Waals surface area contributed by atoms with Gasteiger partial charge in [0.2, 0.25) is 0 Å². The molecule has 2 atom stereocenters. The molecule has 1 aliphatic heterocycles. The fourth-order valence-corrected chi connectivity index (χ4v) is 4.31. The van der Waals surface area contributed by atoms with Gasteiger partial charge in [0.05, 0.1) is 24.4 Å². The maximum absolute atomic E-state index is 13.6. The number of benzene rings is 1. The zero-order valence-corrected chi connectivity index (χ0v) is 20.8. The van der Waals surface area contributed by atoms with Gasteiger partial charge in [-0.15, -0.1) is 0 Å².